The summed E-state index contributed by atoms with van der Waals surface area (Å²) in [7, 11) is 0. The molecule has 2 heterocycles. The average molecular weight is 320 g/mol. The summed E-state index contributed by atoms with van der Waals surface area (Å²) in [5.74, 6) is -1.14. The molecule has 1 aromatic carbocycles. The molecule has 0 fully saturated rings. The number of alkyl halides is 2. The van der Waals surface area contributed by atoms with Gasteiger partial charge in [-0.3, -0.25) is 0 Å². The van der Waals surface area contributed by atoms with Gasteiger partial charge in [0.05, 0.1) is 22.3 Å². The van der Waals surface area contributed by atoms with Crippen molar-refractivity contribution in [1.29, 1.82) is 0 Å². The lowest BCUT2D eigenvalue weighted by Crippen LogP contribution is -2.02. The van der Waals surface area contributed by atoms with E-state index < -0.39 is 12.6 Å². The van der Waals surface area contributed by atoms with Crippen molar-refractivity contribution in [2.24, 2.45) is 0 Å². The smallest absolute Gasteiger partial charge is 0.387 e. The zero-order valence-electron chi connectivity index (χ0n) is 11.8. The highest BCUT2D eigenvalue weighted by atomic mass is 19.3. The van der Waals surface area contributed by atoms with Crippen molar-refractivity contribution in [3.63, 3.8) is 0 Å². The van der Waals surface area contributed by atoms with Gasteiger partial charge in [-0.15, -0.1) is 0 Å². The highest BCUT2D eigenvalue weighted by Gasteiger charge is 2.18. The van der Waals surface area contributed by atoms with Crippen molar-refractivity contribution in [3.8, 4) is 17.0 Å². The first-order valence-corrected chi connectivity index (χ1v) is 6.51. The van der Waals surface area contributed by atoms with Crippen molar-refractivity contribution in [2.75, 3.05) is 0 Å². The van der Waals surface area contributed by atoms with E-state index in [0.717, 1.165) is 0 Å². The molecular weight excluding hydrogens is 310 g/mol. The minimum Gasteiger partial charge on any atom is -0.478 e. The monoisotopic (exact) mass is 320 g/mol. The molecule has 3 rings (SSSR count). The topological polar surface area (TPSA) is 85.5 Å². The molecule has 0 radical (unpaired) electrons. The van der Waals surface area contributed by atoms with Gasteiger partial charge in [0.25, 0.3) is 5.71 Å². The summed E-state index contributed by atoms with van der Waals surface area (Å²) in [5.41, 5.74) is 1.40. The summed E-state index contributed by atoms with van der Waals surface area (Å²) < 4.78 is 33.6. The molecule has 8 heteroatoms. The number of rotatable bonds is 4. The third-order valence-electron chi connectivity index (χ3n) is 3.22. The molecule has 0 unspecified atom stereocenters. The fraction of sp³-hybridized carbons (Fsp3) is 0.133. The maximum Gasteiger partial charge on any atom is 0.387 e. The Morgan fingerprint density at radius 1 is 1.30 bits per heavy atom. The Kier molecular flexibility index (Phi) is 3.65. The molecule has 0 spiro atoms. The summed E-state index contributed by atoms with van der Waals surface area (Å²) in [5, 5.41) is 13.4. The molecule has 3 aromatic rings. The Morgan fingerprint density at radius 2 is 2.00 bits per heavy atom. The zero-order chi connectivity index (χ0) is 16.6. The number of fused-ring (bicyclic) bond motifs is 1. The molecule has 0 bridgehead atoms. The fourth-order valence-electron chi connectivity index (χ4n) is 2.22. The van der Waals surface area contributed by atoms with Gasteiger partial charge < -0.3 is 14.4 Å². The Bertz CT molecular complexity index is 875. The predicted octanol–water partition coefficient (Wildman–Crippen LogP) is 3.50. The fourth-order valence-corrected chi connectivity index (χ4v) is 2.22. The number of carbonyl (C=O) groups is 1. The van der Waals surface area contributed by atoms with Gasteiger partial charge in [0.2, 0.25) is 0 Å². The van der Waals surface area contributed by atoms with Crippen LogP contribution in [0.3, 0.4) is 0 Å². The second-order valence-electron chi connectivity index (χ2n) is 4.71. The maximum atomic E-state index is 12.1. The molecule has 0 aliphatic heterocycles. The van der Waals surface area contributed by atoms with E-state index in [1.165, 1.54) is 30.3 Å². The molecule has 0 amide bonds. The average Bonchev–Trinajstić information content (AvgIpc) is 2.88. The van der Waals surface area contributed by atoms with Crippen LogP contribution in [-0.4, -0.2) is 27.8 Å². The van der Waals surface area contributed by atoms with Crippen LogP contribution in [0, 0.1) is 6.92 Å². The highest BCUT2D eigenvalue weighted by molar-refractivity contribution is 6.03. The molecule has 0 aliphatic carbocycles. The van der Waals surface area contributed by atoms with Gasteiger partial charge in [-0.25, -0.2) is 9.78 Å². The van der Waals surface area contributed by atoms with Crippen molar-refractivity contribution in [3.05, 3.63) is 41.6 Å². The standard InChI is InChI=1S/C15H10F2N2O4/c1-7-12-10(14(20)21)6-11(18-13(12)23-19-7)8-2-4-9(5-3-8)22-15(16)17/h2-6,15H,1H3,(H,20,21). The maximum absolute atomic E-state index is 12.1. The lowest BCUT2D eigenvalue weighted by atomic mass is 10.1. The minimum atomic E-state index is -2.91. The van der Waals surface area contributed by atoms with Crippen LogP contribution in [0.15, 0.2) is 34.9 Å². The number of carboxylic acids is 1. The van der Waals surface area contributed by atoms with Crippen molar-refractivity contribution < 1.29 is 27.9 Å². The van der Waals surface area contributed by atoms with Crippen LogP contribution in [0.4, 0.5) is 8.78 Å². The van der Waals surface area contributed by atoms with Crippen LogP contribution in [0.25, 0.3) is 22.4 Å². The summed E-state index contributed by atoms with van der Waals surface area (Å²) in [6.45, 7) is -1.29. The number of halogens is 2. The van der Waals surface area contributed by atoms with Crippen LogP contribution >= 0.6 is 0 Å². The van der Waals surface area contributed by atoms with E-state index >= 15 is 0 Å². The molecule has 6 nitrogen and oxygen atoms in total. The zero-order valence-corrected chi connectivity index (χ0v) is 11.8. The van der Waals surface area contributed by atoms with Crippen LogP contribution in [-0.2, 0) is 0 Å². The summed E-state index contributed by atoms with van der Waals surface area (Å²) >= 11 is 0. The number of benzene rings is 1. The number of nitrogens with zero attached hydrogens (tertiary/aromatic N) is 2. The Hall–Kier alpha value is -3.03. The Morgan fingerprint density at radius 3 is 2.61 bits per heavy atom. The number of aryl methyl sites for hydroxylation is 1. The number of ether oxygens (including phenoxy) is 1. The van der Waals surface area contributed by atoms with Gasteiger partial charge in [0, 0.05) is 5.56 Å². The Balaban J connectivity index is 2.07. The molecule has 0 saturated carbocycles. The molecule has 2 aromatic heterocycles. The van der Waals surface area contributed by atoms with Gasteiger partial charge in [-0.05, 0) is 37.3 Å². The number of aromatic carboxylic acids is 1. The largest absolute Gasteiger partial charge is 0.478 e. The first-order valence-electron chi connectivity index (χ1n) is 6.51. The first kappa shape index (κ1) is 14.9. The molecular formula is C15H10F2N2O4. The normalized spacial score (nSPS) is 11.1. The second-order valence-corrected chi connectivity index (χ2v) is 4.71. The van der Waals surface area contributed by atoms with E-state index in [1.54, 1.807) is 6.92 Å². The van der Waals surface area contributed by atoms with E-state index in [1.807, 2.05) is 0 Å². The summed E-state index contributed by atoms with van der Waals surface area (Å²) in [4.78, 5) is 15.6. The number of pyridine rings is 1. The second kappa shape index (κ2) is 5.64. The first-order chi connectivity index (χ1) is 11.0. The Labute approximate surface area is 128 Å². The van der Waals surface area contributed by atoms with Crippen LogP contribution in [0.2, 0.25) is 0 Å². The molecule has 118 valence electrons. The number of aromatic nitrogens is 2. The van der Waals surface area contributed by atoms with Gasteiger partial charge in [-0.1, -0.05) is 5.16 Å². The third kappa shape index (κ3) is 2.83. The highest BCUT2D eigenvalue weighted by Crippen LogP contribution is 2.28. The van der Waals surface area contributed by atoms with Crippen molar-refractivity contribution in [2.45, 2.75) is 13.5 Å². The van der Waals surface area contributed by atoms with Crippen LogP contribution in [0.1, 0.15) is 16.1 Å². The molecule has 1 N–H and O–H groups in total. The van der Waals surface area contributed by atoms with Crippen LogP contribution < -0.4 is 4.74 Å². The molecule has 0 atom stereocenters. The minimum absolute atomic E-state index is 0.00111. The van der Waals surface area contributed by atoms with Crippen molar-refractivity contribution in [1.82, 2.24) is 10.1 Å². The van der Waals surface area contributed by atoms with Crippen LogP contribution in [0.5, 0.6) is 5.75 Å². The molecule has 0 saturated heterocycles. The van der Waals surface area contributed by atoms with E-state index in [-0.39, 0.29) is 17.0 Å². The van der Waals surface area contributed by atoms with Crippen molar-refractivity contribution >= 4 is 17.1 Å². The number of carboxylic acid groups (broad SMARTS) is 1. The van der Waals surface area contributed by atoms with E-state index in [4.69, 9.17) is 4.52 Å². The van der Waals surface area contributed by atoms with E-state index in [0.29, 0.717) is 22.3 Å². The molecule has 23 heavy (non-hydrogen) atoms. The van der Waals surface area contributed by atoms with E-state index in [9.17, 15) is 18.7 Å². The SMILES string of the molecule is Cc1noc2nc(-c3ccc(OC(F)F)cc3)cc(C(=O)O)c12. The van der Waals surface area contributed by atoms with Gasteiger partial charge >= 0.3 is 12.6 Å². The predicted molar refractivity (Wildman–Crippen MR) is 75.6 cm³/mol. The van der Waals surface area contributed by atoms with Gasteiger partial charge in [0.1, 0.15) is 5.75 Å². The number of hydrogen-bond donors (Lipinski definition) is 1. The number of hydrogen-bond acceptors (Lipinski definition) is 5. The van der Waals surface area contributed by atoms with Gasteiger partial charge in [0.15, 0.2) is 0 Å². The third-order valence-corrected chi connectivity index (χ3v) is 3.22. The summed E-state index contributed by atoms with van der Waals surface area (Å²) in [6.07, 6.45) is 0. The summed E-state index contributed by atoms with van der Waals surface area (Å²) in [6, 6.07) is 7.08. The quantitative estimate of drug-likeness (QED) is 0.792. The lowest BCUT2D eigenvalue weighted by Gasteiger charge is -2.06. The lowest BCUT2D eigenvalue weighted by molar-refractivity contribution is -0.0498. The molecule has 0 aliphatic rings. The van der Waals surface area contributed by atoms with Gasteiger partial charge in [-0.2, -0.15) is 8.78 Å². The van der Waals surface area contributed by atoms with E-state index in [2.05, 4.69) is 14.9 Å².